The molecular formula is C12H17F2NS. The maximum absolute atomic E-state index is 12.9. The summed E-state index contributed by atoms with van der Waals surface area (Å²) in [4.78, 5) is 0.774. The molecule has 4 heteroatoms. The monoisotopic (exact) mass is 245 g/mol. The largest absolute Gasteiger partial charge is 0.316 e. The van der Waals surface area contributed by atoms with Gasteiger partial charge in [0.05, 0.1) is 0 Å². The van der Waals surface area contributed by atoms with E-state index in [-0.39, 0.29) is 0 Å². The van der Waals surface area contributed by atoms with Crippen molar-refractivity contribution in [1.82, 2.24) is 5.32 Å². The van der Waals surface area contributed by atoms with E-state index in [0.29, 0.717) is 0 Å². The van der Waals surface area contributed by atoms with E-state index in [2.05, 4.69) is 12.2 Å². The van der Waals surface area contributed by atoms with Gasteiger partial charge in [-0.2, -0.15) is 0 Å². The van der Waals surface area contributed by atoms with E-state index in [1.165, 1.54) is 36.7 Å². The molecule has 1 aromatic rings. The average molecular weight is 245 g/mol. The van der Waals surface area contributed by atoms with Crippen LogP contribution in [0.4, 0.5) is 8.78 Å². The fourth-order valence-electron chi connectivity index (χ4n) is 1.23. The number of rotatable bonds is 7. The SMILES string of the molecule is CCCCNCCSc1ccc(F)c(F)c1. The molecule has 0 aromatic heterocycles. The van der Waals surface area contributed by atoms with Gasteiger partial charge in [-0.05, 0) is 31.2 Å². The van der Waals surface area contributed by atoms with Gasteiger partial charge in [-0.25, -0.2) is 8.78 Å². The Bertz CT molecular complexity index is 318. The Labute approximate surface area is 99.6 Å². The smallest absolute Gasteiger partial charge is 0.159 e. The number of nitrogens with one attached hydrogen (secondary N) is 1. The predicted molar refractivity (Wildman–Crippen MR) is 64.9 cm³/mol. The van der Waals surface area contributed by atoms with Crippen molar-refractivity contribution in [3.8, 4) is 0 Å². The second-order valence-electron chi connectivity index (χ2n) is 3.53. The van der Waals surface area contributed by atoms with Crippen LogP contribution in [0.5, 0.6) is 0 Å². The minimum Gasteiger partial charge on any atom is -0.316 e. The van der Waals surface area contributed by atoms with E-state index in [1.54, 1.807) is 6.07 Å². The standard InChI is InChI=1S/C12H17F2NS/c1-2-3-6-15-7-8-16-10-4-5-11(13)12(14)9-10/h4-5,9,15H,2-3,6-8H2,1H3. The Hall–Kier alpha value is -0.610. The molecule has 0 aliphatic carbocycles. The number of hydrogen-bond acceptors (Lipinski definition) is 2. The number of benzene rings is 1. The van der Waals surface area contributed by atoms with Crippen LogP contribution < -0.4 is 5.32 Å². The van der Waals surface area contributed by atoms with E-state index in [0.717, 1.165) is 23.7 Å². The van der Waals surface area contributed by atoms with Crippen LogP contribution in [0.25, 0.3) is 0 Å². The minimum absolute atomic E-state index is 0.774. The second-order valence-corrected chi connectivity index (χ2v) is 4.70. The molecule has 0 bridgehead atoms. The lowest BCUT2D eigenvalue weighted by Gasteiger charge is -2.04. The Morgan fingerprint density at radius 1 is 1.19 bits per heavy atom. The molecule has 1 nitrogen and oxygen atoms in total. The topological polar surface area (TPSA) is 12.0 Å². The zero-order chi connectivity index (χ0) is 11.8. The third-order valence-electron chi connectivity index (χ3n) is 2.15. The van der Waals surface area contributed by atoms with Crippen LogP contribution in [0.1, 0.15) is 19.8 Å². The number of halogens is 2. The van der Waals surface area contributed by atoms with Gasteiger partial charge >= 0.3 is 0 Å². The fourth-order valence-corrected chi connectivity index (χ4v) is 2.07. The van der Waals surface area contributed by atoms with Gasteiger partial charge in [-0.15, -0.1) is 11.8 Å². The van der Waals surface area contributed by atoms with Crippen molar-refractivity contribution in [2.75, 3.05) is 18.8 Å². The normalized spacial score (nSPS) is 10.7. The number of unbranched alkanes of at least 4 members (excludes halogenated alkanes) is 1. The lowest BCUT2D eigenvalue weighted by molar-refractivity contribution is 0.506. The first-order chi connectivity index (χ1) is 7.74. The Morgan fingerprint density at radius 3 is 2.69 bits per heavy atom. The highest BCUT2D eigenvalue weighted by Crippen LogP contribution is 2.19. The Balaban J connectivity index is 2.19. The first kappa shape index (κ1) is 13.5. The summed E-state index contributed by atoms with van der Waals surface area (Å²) in [5, 5.41) is 3.29. The van der Waals surface area contributed by atoms with Crippen LogP contribution >= 0.6 is 11.8 Å². The van der Waals surface area contributed by atoms with Crippen molar-refractivity contribution in [3.63, 3.8) is 0 Å². The van der Waals surface area contributed by atoms with Gasteiger partial charge in [-0.3, -0.25) is 0 Å². The molecule has 1 N–H and O–H groups in total. The quantitative estimate of drug-likeness (QED) is 0.583. The van der Waals surface area contributed by atoms with Gasteiger partial charge in [0.25, 0.3) is 0 Å². The van der Waals surface area contributed by atoms with Gasteiger partial charge in [0.2, 0.25) is 0 Å². The first-order valence-electron chi connectivity index (χ1n) is 5.52. The summed E-state index contributed by atoms with van der Waals surface area (Å²) in [5.74, 6) is -0.691. The van der Waals surface area contributed by atoms with Gasteiger partial charge in [-0.1, -0.05) is 13.3 Å². The van der Waals surface area contributed by atoms with Crippen LogP contribution in [0.15, 0.2) is 23.1 Å². The van der Waals surface area contributed by atoms with E-state index < -0.39 is 11.6 Å². The molecule has 1 rings (SSSR count). The zero-order valence-electron chi connectivity index (χ0n) is 9.43. The molecule has 0 heterocycles. The molecule has 16 heavy (non-hydrogen) atoms. The third-order valence-corrected chi connectivity index (χ3v) is 3.14. The molecule has 0 spiro atoms. The van der Waals surface area contributed by atoms with Crippen LogP contribution in [0.2, 0.25) is 0 Å². The van der Waals surface area contributed by atoms with E-state index >= 15 is 0 Å². The molecule has 0 aliphatic rings. The highest BCUT2D eigenvalue weighted by Gasteiger charge is 2.02. The molecule has 0 radical (unpaired) electrons. The highest BCUT2D eigenvalue weighted by atomic mass is 32.2. The van der Waals surface area contributed by atoms with Crippen molar-refractivity contribution in [3.05, 3.63) is 29.8 Å². The van der Waals surface area contributed by atoms with Crippen LogP contribution in [-0.2, 0) is 0 Å². The van der Waals surface area contributed by atoms with E-state index in [4.69, 9.17) is 0 Å². The van der Waals surface area contributed by atoms with Gasteiger partial charge in [0, 0.05) is 17.2 Å². The molecule has 0 atom stereocenters. The molecule has 1 aromatic carbocycles. The molecular weight excluding hydrogens is 228 g/mol. The van der Waals surface area contributed by atoms with Gasteiger partial charge in [0.1, 0.15) is 0 Å². The lowest BCUT2D eigenvalue weighted by Crippen LogP contribution is -2.18. The third kappa shape index (κ3) is 4.94. The summed E-state index contributed by atoms with van der Waals surface area (Å²) >= 11 is 1.53. The van der Waals surface area contributed by atoms with Gasteiger partial charge < -0.3 is 5.32 Å². The van der Waals surface area contributed by atoms with Crippen LogP contribution in [-0.4, -0.2) is 18.8 Å². The summed E-state index contributed by atoms with van der Waals surface area (Å²) in [7, 11) is 0. The molecule has 90 valence electrons. The Kier molecular flexibility index (Phi) is 6.42. The molecule has 0 saturated carbocycles. The number of hydrogen-bond donors (Lipinski definition) is 1. The first-order valence-corrected chi connectivity index (χ1v) is 6.51. The molecule has 0 saturated heterocycles. The van der Waals surface area contributed by atoms with E-state index in [9.17, 15) is 8.78 Å². The highest BCUT2D eigenvalue weighted by molar-refractivity contribution is 7.99. The molecule has 0 aliphatic heterocycles. The maximum atomic E-state index is 12.9. The fraction of sp³-hybridized carbons (Fsp3) is 0.500. The summed E-state index contributed by atoms with van der Waals surface area (Å²) in [5.41, 5.74) is 0. The zero-order valence-corrected chi connectivity index (χ0v) is 10.2. The van der Waals surface area contributed by atoms with Crippen molar-refractivity contribution in [2.45, 2.75) is 24.7 Å². The van der Waals surface area contributed by atoms with Crippen LogP contribution in [0.3, 0.4) is 0 Å². The summed E-state index contributed by atoms with van der Waals surface area (Å²) in [6.07, 6.45) is 2.36. The predicted octanol–water partition coefficient (Wildman–Crippen LogP) is 3.45. The minimum atomic E-state index is -0.787. The average Bonchev–Trinajstić information content (AvgIpc) is 2.28. The maximum Gasteiger partial charge on any atom is 0.159 e. The van der Waals surface area contributed by atoms with Gasteiger partial charge in [0.15, 0.2) is 11.6 Å². The van der Waals surface area contributed by atoms with Crippen LogP contribution in [0, 0.1) is 11.6 Å². The van der Waals surface area contributed by atoms with Crippen molar-refractivity contribution in [1.29, 1.82) is 0 Å². The summed E-state index contributed by atoms with van der Waals surface area (Å²) in [6, 6.07) is 4.02. The summed E-state index contributed by atoms with van der Waals surface area (Å²) < 4.78 is 25.5. The van der Waals surface area contributed by atoms with Crippen molar-refractivity contribution >= 4 is 11.8 Å². The second kappa shape index (κ2) is 7.63. The lowest BCUT2D eigenvalue weighted by atomic mass is 10.3. The molecule has 0 unspecified atom stereocenters. The molecule has 0 fully saturated rings. The van der Waals surface area contributed by atoms with Crippen molar-refractivity contribution in [2.24, 2.45) is 0 Å². The summed E-state index contributed by atoms with van der Waals surface area (Å²) in [6.45, 7) is 4.07. The van der Waals surface area contributed by atoms with Crippen molar-refractivity contribution < 1.29 is 8.78 Å². The van der Waals surface area contributed by atoms with E-state index in [1.807, 2.05) is 0 Å². The Morgan fingerprint density at radius 2 is 2.00 bits per heavy atom. The molecule has 0 amide bonds. The number of thioether (sulfide) groups is 1.